The van der Waals surface area contributed by atoms with Crippen LogP contribution < -0.4 is 0 Å². The largest absolute Gasteiger partial charge is 0.466 e. The molecular weight excluding hydrogens is 352 g/mol. The van der Waals surface area contributed by atoms with E-state index in [4.69, 9.17) is 14.2 Å². The molecule has 0 atom stereocenters. The second kappa shape index (κ2) is 24.4. The second-order valence-electron chi connectivity index (χ2n) is 7.79. The lowest BCUT2D eigenvalue weighted by Crippen LogP contribution is -2.09. The molecule has 0 N–H and O–H groups in total. The van der Waals surface area contributed by atoms with Crippen molar-refractivity contribution in [2.45, 2.75) is 117 Å². The Kier molecular flexibility index (Phi) is 23.9. The number of carbonyl (C=O) groups is 1. The standard InChI is InChI=1S/C24H48O4/c1-3-5-7-9-10-11-12-13-14-15-19-26-22-23-27-20-17-18-24(25)28-21-16-8-6-4-2/h3-23H2,1-2H3. The van der Waals surface area contributed by atoms with Crippen LogP contribution in [-0.4, -0.2) is 39.0 Å². The van der Waals surface area contributed by atoms with Gasteiger partial charge in [-0.1, -0.05) is 90.9 Å². The minimum absolute atomic E-state index is 0.0997. The maximum absolute atomic E-state index is 11.5. The predicted octanol–water partition coefficient (Wildman–Crippen LogP) is 6.84. The van der Waals surface area contributed by atoms with Gasteiger partial charge in [-0.3, -0.25) is 4.79 Å². The molecule has 0 aliphatic heterocycles. The molecule has 0 unspecified atom stereocenters. The molecule has 168 valence electrons. The molecule has 4 nitrogen and oxygen atoms in total. The van der Waals surface area contributed by atoms with Gasteiger partial charge in [0.25, 0.3) is 0 Å². The third kappa shape index (κ3) is 23.4. The number of carbonyl (C=O) groups excluding carboxylic acids is 1. The summed E-state index contributed by atoms with van der Waals surface area (Å²) in [5.41, 5.74) is 0. The number of hydrogen-bond donors (Lipinski definition) is 0. The first kappa shape index (κ1) is 27.4. The van der Waals surface area contributed by atoms with Gasteiger partial charge in [0.2, 0.25) is 0 Å². The molecule has 0 aliphatic carbocycles. The summed E-state index contributed by atoms with van der Waals surface area (Å²) in [5, 5.41) is 0. The lowest BCUT2D eigenvalue weighted by Gasteiger charge is -2.07. The molecule has 0 saturated carbocycles. The summed E-state index contributed by atoms with van der Waals surface area (Å²) >= 11 is 0. The summed E-state index contributed by atoms with van der Waals surface area (Å²) in [6.07, 6.45) is 19.2. The number of ether oxygens (including phenoxy) is 3. The summed E-state index contributed by atoms with van der Waals surface area (Å²) in [6.45, 7) is 7.71. The van der Waals surface area contributed by atoms with Crippen LogP contribution in [0.4, 0.5) is 0 Å². The van der Waals surface area contributed by atoms with E-state index < -0.39 is 0 Å². The molecule has 0 aromatic rings. The Labute approximate surface area is 175 Å². The quantitative estimate of drug-likeness (QED) is 0.139. The Bertz CT molecular complexity index is 307. The number of unbranched alkanes of at least 4 members (excludes halogenated alkanes) is 12. The van der Waals surface area contributed by atoms with Gasteiger partial charge in [-0.25, -0.2) is 0 Å². The van der Waals surface area contributed by atoms with Crippen molar-refractivity contribution in [1.29, 1.82) is 0 Å². The number of hydrogen-bond acceptors (Lipinski definition) is 4. The highest BCUT2D eigenvalue weighted by molar-refractivity contribution is 5.69. The maximum atomic E-state index is 11.5. The molecule has 0 aromatic heterocycles. The summed E-state index contributed by atoms with van der Waals surface area (Å²) in [4.78, 5) is 11.5. The smallest absolute Gasteiger partial charge is 0.305 e. The van der Waals surface area contributed by atoms with Gasteiger partial charge in [0.15, 0.2) is 0 Å². The molecule has 0 aliphatic rings. The van der Waals surface area contributed by atoms with E-state index >= 15 is 0 Å². The van der Waals surface area contributed by atoms with E-state index in [2.05, 4.69) is 13.8 Å². The first-order valence-corrected chi connectivity index (χ1v) is 12.1. The highest BCUT2D eigenvalue weighted by atomic mass is 16.5. The summed E-state index contributed by atoms with van der Waals surface area (Å²) < 4.78 is 16.3. The zero-order valence-electron chi connectivity index (χ0n) is 19.0. The van der Waals surface area contributed by atoms with Crippen molar-refractivity contribution in [3.05, 3.63) is 0 Å². The Morgan fingerprint density at radius 2 is 0.929 bits per heavy atom. The molecule has 0 amide bonds. The molecule has 0 saturated heterocycles. The topological polar surface area (TPSA) is 44.8 Å². The molecule has 0 fully saturated rings. The van der Waals surface area contributed by atoms with Crippen LogP contribution in [0.3, 0.4) is 0 Å². The molecule has 0 rings (SSSR count). The van der Waals surface area contributed by atoms with E-state index in [0.717, 1.165) is 32.3 Å². The molecule has 4 heteroatoms. The predicted molar refractivity (Wildman–Crippen MR) is 118 cm³/mol. The summed E-state index contributed by atoms with van der Waals surface area (Å²) in [7, 11) is 0. The van der Waals surface area contributed by atoms with Gasteiger partial charge in [0.05, 0.1) is 19.8 Å². The SMILES string of the molecule is CCCCCCCCCCCCOCCOCCCC(=O)OCCCCCC. The molecular formula is C24H48O4. The van der Waals surface area contributed by atoms with Crippen molar-refractivity contribution in [2.24, 2.45) is 0 Å². The minimum atomic E-state index is -0.0997. The molecule has 0 radical (unpaired) electrons. The van der Waals surface area contributed by atoms with Crippen molar-refractivity contribution in [3.63, 3.8) is 0 Å². The maximum Gasteiger partial charge on any atom is 0.305 e. The van der Waals surface area contributed by atoms with Crippen molar-refractivity contribution in [1.82, 2.24) is 0 Å². The fraction of sp³-hybridized carbons (Fsp3) is 0.958. The van der Waals surface area contributed by atoms with Gasteiger partial charge in [0, 0.05) is 19.6 Å². The van der Waals surface area contributed by atoms with E-state index in [0.29, 0.717) is 32.8 Å². The van der Waals surface area contributed by atoms with E-state index in [-0.39, 0.29) is 5.97 Å². The van der Waals surface area contributed by atoms with Gasteiger partial charge >= 0.3 is 5.97 Å². The first-order valence-electron chi connectivity index (χ1n) is 12.1. The van der Waals surface area contributed by atoms with Gasteiger partial charge < -0.3 is 14.2 Å². The first-order chi connectivity index (χ1) is 13.8. The van der Waals surface area contributed by atoms with Crippen molar-refractivity contribution >= 4 is 5.97 Å². The van der Waals surface area contributed by atoms with E-state index in [1.807, 2.05) is 0 Å². The van der Waals surface area contributed by atoms with Gasteiger partial charge in [0.1, 0.15) is 0 Å². The third-order valence-corrected chi connectivity index (χ3v) is 4.94. The van der Waals surface area contributed by atoms with Crippen molar-refractivity contribution in [3.8, 4) is 0 Å². The Hall–Kier alpha value is -0.610. The van der Waals surface area contributed by atoms with Crippen LogP contribution in [0.1, 0.15) is 117 Å². The van der Waals surface area contributed by atoms with Crippen LogP contribution >= 0.6 is 0 Å². The number of rotatable bonds is 23. The zero-order chi connectivity index (χ0) is 20.5. The highest BCUT2D eigenvalue weighted by Crippen LogP contribution is 2.10. The molecule has 28 heavy (non-hydrogen) atoms. The number of esters is 1. The van der Waals surface area contributed by atoms with Gasteiger partial charge in [-0.15, -0.1) is 0 Å². The van der Waals surface area contributed by atoms with E-state index in [9.17, 15) is 4.79 Å². The van der Waals surface area contributed by atoms with E-state index in [1.165, 1.54) is 70.6 Å². The molecule has 0 bridgehead atoms. The average molecular weight is 401 g/mol. The Balaban J connectivity index is 3.09. The lowest BCUT2D eigenvalue weighted by atomic mass is 10.1. The molecule has 0 aromatic carbocycles. The normalized spacial score (nSPS) is 11.1. The lowest BCUT2D eigenvalue weighted by molar-refractivity contribution is -0.144. The van der Waals surface area contributed by atoms with Gasteiger partial charge in [-0.05, 0) is 19.3 Å². The van der Waals surface area contributed by atoms with Crippen LogP contribution in [-0.2, 0) is 19.0 Å². The summed E-state index contributed by atoms with van der Waals surface area (Å²) in [5.74, 6) is -0.0997. The van der Waals surface area contributed by atoms with Crippen LogP contribution in [0.5, 0.6) is 0 Å². The zero-order valence-corrected chi connectivity index (χ0v) is 19.0. The van der Waals surface area contributed by atoms with Crippen LogP contribution in [0.25, 0.3) is 0 Å². The Morgan fingerprint density at radius 3 is 1.50 bits per heavy atom. The average Bonchev–Trinajstić information content (AvgIpc) is 2.70. The Morgan fingerprint density at radius 1 is 0.500 bits per heavy atom. The minimum Gasteiger partial charge on any atom is -0.466 e. The van der Waals surface area contributed by atoms with E-state index in [1.54, 1.807) is 0 Å². The van der Waals surface area contributed by atoms with Crippen LogP contribution in [0, 0.1) is 0 Å². The monoisotopic (exact) mass is 400 g/mol. The highest BCUT2D eigenvalue weighted by Gasteiger charge is 2.02. The third-order valence-electron chi connectivity index (χ3n) is 4.94. The fourth-order valence-electron chi connectivity index (χ4n) is 3.12. The van der Waals surface area contributed by atoms with Crippen LogP contribution in [0.2, 0.25) is 0 Å². The summed E-state index contributed by atoms with van der Waals surface area (Å²) in [6, 6.07) is 0. The van der Waals surface area contributed by atoms with Gasteiger partial charge in [-0.2, -0.15) is 0 Å². The van der Waals surface area contributed by atoms with Crippen molar-refractivity contribution < 1.29 is 19.0 Å². The van der Waals surface area contributed by atoms with Crippen molar-refractivity contribution in [2.75, 3.05) is 33.0 Å². The van der Waals surface area contributed by atoms with Crippen LogP contribution in [0.15, 0.2) is 0 Å². The second-order valence-corrected chi connectivity index (χ2v) is 7.79. The molecule has 0 heterocycles. The fourth-order valence-corrected chi connectivity index (χ4v) is 3.12. The molecule has 0 spiro atoms.